The second-order valence-electron chi connectivity index (χ2n) is 11.8. The molecule has 0 spiro atoms. The molecule has 20 heteroatoms. The van der Waals surface area contributed by atoms with Gasteiger partial charge in [0.1, 0.15) is 31.0 Å². The molecule has 3 rings (SSSR count). The van der Waals surface area contributed by atoms with Crippen LogP contribution in [0.4, 0.5) is 4.79 Å². The molecule has 15 N–H and O–H groups in total. The highest BCUT2D eigenvalue weighted by Crippen LogP contribution is 2.22. The first-order valence-corrected chi connectivity index (χ1v) is 15.6. The molecule has 2 fully saturated rings. The predicted octanol–water partition coefficient (Wildman–Crippen LogP) is -5.96. The van der Waals surface area contributed by atoms with Crippen LogP contribution >= 0.6 is 0 Å². The molecule has 3 heterocycles. The number of carbonyl (C=O) groups is 5. The number of aliphatic hydroxyl groups excluding tert-OH is 3. The number of rotatable bonds is 16. The number of ether oxygens (including phenoxy) is 2. The summed E-state index contributed by atoms with van der Waals surface area (Å²) in [5, 5.41) is 48.4. The summed E-state index contributed by atoms with van der Waals surface area (Å²) in [4.78, 5) is 64.9. The first-order chi connectivity index (χ1) is 22.3. The van der Waals surface area contributed by atoms with E-state index in [4.69, 9.17) is 26.7 Å². The molecule has 0 aromatic carbocycles. The Morgan fingerprint density at radius 3 is 2.51 bits per heavy atom. The van der Waals surface area contributed by atoms with E-state index in [0.29, 0.717) is 32.2 Å². The topological polar surface area (TPSA) is 327 Å². The molecule has 0 aromatic heterocycles. The highest BCUT2D eigenvalue weighted by molar-refractivity contribution is 5.92. The number of guanidine groups is 1. The fraction of sp³-hybridized carbons (Fsp3) is 0.778. The predicted molar refractivity (Wildman–Crippen MR) is 164 cm³/mol. The molecule has 3 aliphatic heterocycles. The van der Waals surface area contributed by atoms with Gasteiger partial charge in [-0.2, -0.15) is 0 Å². The minimum Gasteiger partial charge on any atom is -0.447 e. The van der Waals surface area contributed by atoms with E-state index < -0.39 is 79.3 Å². The summed E-state index contributed by atoms with van der Waals surface area (Å²) >= 11 is 0. The van der Waals surface area contributed by atoms with Gasteiger partial charge in [-0.1, -0.05) is 0 Å². The zero-order chi connectivity index (χ0) is 34.7. The van der Waals surface area contributed by atoms with Crippen LogP contribution < -0.4 is 49.1 Å². The van der Waals surface area contributed by atoms with E-state index in [9.17, 15) is 39.3 Å². The normalized spacial score (nSPS) is 29.6. The molecular formula is C27H48N10O10. The van der Waals surface area contributed by atoms with Crippen molar-refractivity contribution >= 4 is 35.7 Å². The molecule has 0 bridgehead atoms. The molecule has 3 aliphatic rings. The van der Waals surface area contributed by atoms with Gasteiger partial charge in [0.15, 0.2) is 18.2 Å². The fourth-order valence-corrected chi connectivity index (χ4v) is 5.57. The lowest BCUT2D eigenvalue weighted by Gasteiger charge is -2.43. The van der Waals surface area contributed by atoms with Gasteiger partial charge in [0.2, 0.25) is 23.6 Å². The summed E-state index contributed by atoms with van der Waals surface area (Å²) < 4.78 is 10.6. The lowest BCUT2D eigenvalue weighted by molar-refractivity contribution is -0.198. The van der Waals surface area contributed by atoms with Crippen LogP contribution in [0.3, 0.4) is 0 Å². The van der Waals surface area contributed by atoms with Crippen LogP contribution in [0.1, 0.15) is 45.4 Å². The zero-order valence-corrected chi connectivity index (χ0v) is 26.2. The van der Waals surface area contributed by atoms with Crippen LogP contribution in [-0.2, 0) is 28.7 Å². The van der Waals surface area contributed by atoms with Crippen molar-refractivity contribution in [3.8, 4) is 0 Å². The Balaban J connectivity index is 1.63. The molecule has 5 unspecified atom stereocenters. The number of fused-ring (bicyclic) bond motifs is 1. The SMILES string of the molecule is CC(=O)N[C@@H](CCCNC(=O)C[C@@H](N)CCCN)CC(=O)NC1C(NC2=N[C@H]3C(=O)NC[C@H](O)[C@H]3N2)OC(COC(N)=O)C(O)C1O. The van der Waals surface area contributed by atoms with Gasteiger partial charge in [-0.15, -0.1) is 0 Å². The van der Waals surface area contributed by atoms with E-state index in [2.05, 4.69) is 36.9 Å². The monoisotopic (exact) mass is 672 g/mol. The van der Waals surface area contributed by atoms with Gasteiger partial charge in [0, 0.05) is 44.9 Å². The average molecular weight is 673 g/mol. The molecule has 0 aliphatic carbocycles. The molecular weight excluding hydrogens is 624 g/mol. The third kappa shape index (κ3) is 11.4. The summed E-state index contributed by atoms with van der Waals surface area (Å²) in [6.45, 7) is 1.55. The van der Waals surface area contributed by atoms with E-state index in [1.165, 1.54) is 6.92 Å². The summed E-state index contributed by atoms with van der Waals surface area (Å²) in [5.41, 5.74) is 16.4. The Morgan fingerprint density at radius 1 is 1.11 bits per heavy atom. The van der Waals surface area contributed by atoms with E-state index in [-0.39, 0.29) is 49.7 Å². The largest absolute Gasteiger partial charge is 0.447 e. The summed E-state index contributed by atoms with van der Waals surface area (Å²) in [7, 11) is 0. The van der Waals surface area contributed by atoms with E-state index in [1.807, 2.05) is 0 Å². The van der Waals surface area contributed by atoms with Gasteiger partial charge in [-0.05, 0) is 32.2 Å². The van der Waals surface area contributed by atoms with Gasteiger partial charge in [-0.25, -0.2) is 9.79 Å². The molecule has 5 amide bonds. The maximum absolute atomic E-state index is 13.2. The third-order valence-corrected chi connectivity index (χ3v) is 7.94. The highest BCUT2D eigenvalue weighted by atomic mass is 16.6. The Morgan fingerprint density at radius 2 is 1.85 bits per heavy atom. The fourth-order valence-electron chi connectivity index (χ4n) is 5.57. The quantitative estimate of drug-likeness (QED) is 0.0680. The Labute approximate surface area is 271 Å². The number of amides is 5. The smallest absolute Gasteiger partial charge is 0.404 e. The number of hydrogen-bond donors (Lipinski definition) is 12. The second kappa shape index (κ2) is 17.9. The van der Waals surface area contributed by atoms with Crippen molar-refractivity contribution in [2.24, 2.45) is 22.2 Å². The number of β-amino-alcohol motifs (C(OH)–C–C–N with tert-alkyl or cyclic N) is 1. The van der Waals surface area contributed by atoms with Gasteiger partial charge in [0.05, 0.1) is 12.1 Å². The van der Waals surface area contributed by atoms with Crippen LogP contribution in [0.15, 0.2) is 4.99 Å². The number of primary amides is 1. The van der Waals surface area contributed by atoms with Gasteiger partial charge >= 0.3 is 6.09 Å². The van der Waals surface area contributed by atoms with E-state index in [1.54, 1.807) is 0 Å². The number of carbonyl (C=O) groups excluding carboxylic acids is 5. The molecule has 0 radical (unpaired) electrons. The van der Waals surface area contributed by atoms with Crippen LogP contribution in [0.5, 0.6) is 0 Å². The van der Waals surface area contributed by atoms with Crippen molar-refractivity contribution in [2.75, 3.05) is 26.2 Å². The number of nitrogens with zero attached hydrogens (tertiary/aromatic N) is 1. The van der Waals surface area contributed by atoms with Crippen LogP contribution in [-0.4, -0.2) is 138 Å². The zero-order valence-electron chi connectivity index (χ0n) is 26.2. The summed E-state index contributed by atoms with van der Waals surface area (Å²) in [6, 6.07) is -3.96. The first kappa shape index (κ1) is 37.6. The molecule has 2 saturated heterocycles. The van der Waals surface area contributed by atoms with E-state index in [0.717, 1.165) is 0 Å². The van der Waals surface area contributed by atoms with E-state index >= 15 is 0 Å². The number of piperidine rings is 1. The standard InChI is InChI=1S/C27H48N10O10/c1-12(38)33-14(5-3-7-31-17(40)8-13(29)4-2-6-28)9-18(41)34-21-23(43)22(42)16(11-46-26(30)45)47-25(21)37-27-35-19-15(39)10-32-24(44)20(19)36-27/h13-16,19-23,25,39,42-43H,2-11,28-29H2,1H3,(H2,30,45)(H,31,40)(H,32,44)(H,33,38)(H,34,41)(H2,35,36,37)/t13-,14-,15-,16?,19+,20+,21?,22?,23?,25?/m0/s1. The first-order valence-electron chi connectivity index (χ1n) is 15.6. The number of hydrogen-bond acceptors (Lipinski definition) is 15. The maximum Gasteiger partial charge on any atom is 0.404 e. The van der Waals surface area contributed by atoms with Crippen molar-refractivity contribution in [1.82, 2.24) is 31.9 Å². The third-order valence-electron chi connectivity index (χ3n) is 7.94. The molecule has 47 heavy (non-hydrogen) atoms. The molecule has 0 saturated carbocycles. The van der Waals surface area contributed by atoms with Crippen molar-refractivity contribution in [3.63, 3.8) is 0 Å². The van der Waals surface area contributed by atoms with Crippen LogP contribution in [0.25, 0.3) is 0 Å². The van der Waals surface area contributed by atoms with Crippen molar-refractivity contribution in [2.45, 2.75) is 106 Å². The molecule has 266 valence electrons. The molecule has 10 atom stereocenters. The number of aliphatic hydroxyl groups is 3. The number of aliphatic imine (C=N–C) groups is 1. The Bertz CT molecular complexity index is 1150. The highest BCUT2D eigenvalue weighted by Gasteiger charge is 2.48. The number of nitrogens with two attached hydrogens (primary N) is 3. The average Bonchev–Trinajstić information content (AvgIpc) is 3.44. The van der Waals surface area contributed by atoms with Gasteiger partial charge in [0.25, 0.3) is 0 Å². The minimum absolute atomic E-state index is 0.0110. The summed E-state index contributed by atoms with van der Waals surface area (Å²) in [5.74, 6) is -1.64. The lowest BCUT2D eigenvalue weighted by Crippen LogP contribution is -2.69. The molecule has 20 nitrogen and oxygen atoms in total. The van der Waals surface area contributed by atoms with Crippen LogP contribution in [0, 0.1) is 0 Å². The Hall–Kier alpha value is -3.82. The summed E-state index contributed by atoms with van der Waals surface area (Å²) in [6.07, 6.45) is -5.95. The van der Waals surface area contributed by atoms with Gasteiger partial charge < -0.3 is 73.9 Å². The lowest BCUT2D eigenvalue weighted by atomic mass is 9.95. The minimum atomic E-state index is -1.66. The van der Waals surface area contributed by atoms with Gasteiger partial charge in [-0.3, -0.25) is 19.2 Å². The van der Waals surface area contributed by atoms with Crippen molar-refractivity contribution in [3.05, 3.63) is 0 Å². The molecule has 0 aromatic rings. The maximum atomic E-state index is 13.2. The second-order valence-corrected chi connectivity index (χ2v) is 11.8. The van der Waals surface area contributed by atoms with Crippen LogP contribution in [0.2, 0.25) is 0 Å². The van der Waals surface area contributed by atoms with Crippen molar-refractivity contribution < 1.29 is 48.8 Å². The van der Waals surface area contributed by atoms with Crippen molar-refractivity contribution in [1.29, 1.82) is 0 Å². The number of nitrogens with one attached hydrogen (secondary N) is 6. The Kier molecular flexibility index (Phi) is 14.3.